The zero-order valence-corrected chi connectivity index (χ0v) is 10.0. The summed E-state index contributed by atoms with van der Waals surface area (Å²) in [6, 6.07) is -0.835. The summed E-state index contributed by atoms with van der Waals surface area (Å²) in [5, 5.41) is 12.1. The lowest BCUT2D eigenvalue weighted by Crippen LogP contribution is -2.36. The van der Waals surface area contributed by atoms with Gasteiger partial charge in [-0.1, -0.05) is 0 Å². The maximum atomic E-state index is 11.3. The Labute approximate surface area is 97.2 Å². The van der Waals surface area contributed by atoms with Crippen molar-refractivity contribution in [2.75, 3.05) is 13.2 Å². The fourth-order valence-corrected chi connectivity index (χ4v) is 1.90. The molecule has 0 saturated heterocycles. The fraction of sp³-hybridized carbons (Fsp3) is 0.750. The third kappa shape index (κ3) is 3.95. The minimum Gasteiger partial charge on any atom is -0.382 e. The SMILES string of the molecule is CC1(O)CC(NCCOP(=O)(O)O)C(=O)C1=O. The van der Waals surface area contributed by atoms with E-state index in [1.807, 2.05) is 0 Å². The van der Waals surface area contributed by atoms with Gasteiger partial charge in [-0.3, -0.25) is 14.1 Å². The lowest BCUT2D eigenvalue weighted by molar-refractivity contribution is -0.142. The Kier molecular flexibility index (Phi) is 4.19. The normalized spacial score (nSPS) is 30.0. The lowest BCUT2D eigenvalue weighted by atomic mass is 10.0. The standard InChI is InChI=1S/C8H14NO7P/c1-8(12)4-5(6(10)7(8)11)9-2-3-16-17(13,14)15/h5,9,12H,2-4H2,1H3,(H2,13,14,15). The van der Waals surface area contributed by atoms with Gasteiger partial charge in [0.25, 0.3) is 0 Å². The van der Waals surface area contributed by atoms with Crippen LogP contribution < -0.4 is 5.32 Å². The molecule has 2 unspecified atom stereocenters. The van der Waals surface area contributed by atoms with Crippen molar-refractivity contribution in [1.82, 2.24) is 5.32 Å². The Morgan fingerprint density at radius 3 is 2.53 bits per heavy atom. The molecule has 1 rings (SSSR count). The molecule has 0 spiro atoms. The van der Waals surface area contributed by atoms with Crippen molar-refractivity contribution in [2.45, 2.75) is 25.0 Å². The van der Waals surface area contributed by atoms with Crippen LogP contribution in [0.15, 0.2) is 0 Å². The van der Waals surface area contributed by atoms with Gasteiger partial charge in [0.1, 0.15) is 5.60 Å². The van der Waals surface area contributed by atoms with Crippen LogP contribution in [0.2, 0.25) is 0 Å². The van der Waals surface area contributed by atoms with Crippen molar-refractivity contribution in [3.8, 4) is 0 Å². The van der Waals surface area contributed by atoms with Gasteiger partial charge in [0.2, 0.25) is 11.6 Å². The van der Waals surface area contributed by atoms with Gasteiger partial charge in [0.15, 0.2) is 0 Å². The van der Waals surface area contributed by atoms with Crippen LogP contribution in [-0.2, 0) is 18.7 Å². The average molecular weight is 267 g/mol. The summed E-state index contributed by atoms with van der Waals surface area (Å²) >= 11 is 0. The van der Waals surface area contributed by atoms with Gasteiger partial charge in [-0.25, -0.2) is 4.57 Å². The highest BCUT2D eigenvalue weighted by Gasteiger charge is 2.48. The minimum atomic E-state index is -4.52. The summed E-state index contributed by atoms with van der Waals surface area (Å²) < 4.78 is 14.5. The zero-order chi connectivity index (χ0) is 13.3. The number of carbonyl (C=O) groups is 2. The largest absolute Gasteiger partial charge is 0.469 e. The third-order valence-electron chi connectivity index (χ3n) is 2.38. The lowest BCUT2D eigenvalue weighted by Gasteiger charge is -2.13. The van der Waals surface area contributed by atoms with Crippen LogP contribution in [0, 0.1) is 0 Å². The molecule has 0 radical (unpaired) electrons. The van der Waals surface area contributed by atoms with E-state index in [1.165, 1.54) is 6.92 Å². The fourth-order valence-electron chi connectivity index (χ4n) is 1.57. The highest BCUT2D eigenvalue weighted by molar-refractivity contribution is 7.46. The van der Waals surface area contributed by atoms with Crippen molar-refractivity contribution >= 4 is 19.4 Å². The molecule has 0 aromatic rings. The summed E-state index contributed by atoms with van der Waals surface area (Å²) in [6.45, 7) is 0.941. The molecule has 9 heteroatoms. The minimum absolute atomic E-state index is 0.00905. The summed E-state index contributed by atoms with van der Waals surface area (Å²) in [5.74, 6) is -1.59. The Morgan fingerprint density at radius 2 is 2.12 bits per heavy atom. The van der Waals surface area contributed by atoms with Gasteiger partial charge in [-0.2, -0.15) is 0 Å². The van der Waals surface area contributed by atoms with Crippen molar-refractivity contribution in [2.24, 2.45) is 0 Å². The molecular formula is C8H14NO7P. The Morgan fingerprint density at radius 1 is 1.53 bits per heavy atom. The van der Waals surface area contributed by atoms with Crippen LogP contribution >= 0.6 is 7.82 Å². The zero-order valence-electron chi connectivity index (χ0n) is 9.12. The van der Waals surface area contributed by atoms with Crippen LogP contribution in [0.25, 0.3) is 0 Å². The van der Waals surface area contributed by atoms with Crippen LogP contribution in [0.1, 0.15) is 13.3 Å². The van der Waals surface area contributed by atoms with Crippen molar-refractivity contribution < 1.29 is 33.6 Å². The molecule has 98 valence electrons. The van der Waals surface area contributed by atoms with Gasteiger partial charge in [-0.15, -0.1) is 0 Å². The number of ketones is 2. The van der Waals surface area contributed by atoms with Crippen LogP contribution in [0.3, 0.4) is 0 Å². The van der Waals surface area contributed by atoms with E-state index in [-0.39, 0.29) is 19.6 Å². The van der Waals surface area contributed by atoms with Gasteiger partial charge in [-0.05, 0) is 6.92 Å². The van der Waals surface area contributed by atoms with Crippen molar-refractivity contribution in [3.63, 3.8) is 0 Å². The Hall–Kier alpha value is -0.630. The second kappa shape index (κ2) is 4.93. The number of aliphatic hydroxyl groups is 1. The first kappa shape index (κ1) is 14.4. The number of rotatable bonds is 5. The first-order valence-electron chi connectivity index (χ1n) is 4.88. The molecule has 17 heavy (non-hydrogen) atoms. The third-order valence-corrected chi connectivity index (χ3v) is 2.90. The number of nitrogens with one attached hydrogen (secondary N) is 1. The summed E-state index contributed by atoms with van der Waals surface area (Å²) in [7, 11) is -4.52. The molecule has 4 N–H and O–H groups in total. The van der Waals surface area contributed by atoms with Gasteiger partial charge in [0.05, 0.1) is 12.6 Å². The first-order chi connectivity index (χ1) is 7.63. The highest BCUT2D eigenvalue weighted by Crippen LogP contribution is 2.35. The number of phosphoric ester groups is 1. The molecule has 0 bridgehead atoms. The number of phosphoric acid groups is 1. The molecule has 0 aliphatic heterocycles. The van der Waals surface area contributed by atoms with Crippen LogP contribution in [0.5, 0.6) is 0 Å². The van der Waals surface area contributed by atoms with Crippen molar-refractivity contribution in [1.29, 1.82) is 0 Å². The van der Waals surface area contributed by atoms with E-state index < -0.39 is 31.0 Å². The predicted octanol–water partition coefficient (Wildman–Crippen LogP) is -1.65. The Bertz CT molecular complexity index is 374. The average Bonchev–Trinajstić information content (AvgIpc) is 2.36. The van der Waals surface area contributed by atoms with Crippen LogP contribution in [-0.4, -0.2) is 51.3 Å². The molecule has 0 amide bonds. The molecule has 1 aliphatic rings. The van der Waals surface area contributed by atoms with Crippen molar-refractivity contribution in [3.05, 3.63) is 0 Å². The van der Waals surface area contributed by atoms with Gasteiger partial charge < -0.3 is 20.2 Å². The maximum absolute atomic E-state index is 11.3. The van der Waals surface area contributed by atoms with E-state index >= 15 is 0 Å². The first-order valence-corrected chi connectivity index (χ1v) is 6.41. The smallest absolute Gasteiger partial charge is 0.382 e. The van der Waals surface area contributed by atoms with E-state index in [1.54, 1.807) is 0 Å². The topological polar surface area (TPSA) is 133 Å². The van der Waals surface area contributed by atoms with E-state index in [0.29, 0.717) is 0 Å². The molecule has 1 fully saturated rings. The molecule has 0 aromatic heterocycles. The van der Waals surface area contributed by atoms with E-state index in [2.05, 4.69) is 9.84 Å². The molecule has 1 saturated carbocycles. The Balaban J connectivity index is 2.37. The predicted molar refractivity (Wildman–Crippen MR) is 55.0 cm³/mol. The molecular weight excluding hydrogens is 253 g/mol. The second-order valence-electron chi connectivity index (χ2n) is 4.00. The quantitative estimate of drug-likeness (QED) is 0.264. The van der Waals surface area contributed by atoms with Gasteiger partial charge in [0, 0.05) is 13.0 Å². The summed E-state index contributed by atoms with van der Waals surface area (Å²) in [5.41, 5.74) is -1.67. The monoisotopic (exact) mass is 267 g/mol. The molecule has 8 nitrogen and oxygen atoms in total. The number of Topliss-reactive ketones (excluding diaryl/α,β-unsaturated/α-hetero) is 2. The molecule has 2 atom stereocenters. The van der Waals surface area contributed by atoms with E-state index in [9.17, 15) is 19.3 Å². The maximum Gasteiger partial charge on any atom is 0.469 e. The number of hydrogen-bond acceptors (Lipinski definition) is 6. The van der Waals surface area contributed by atoms with Crippen LogP contribution in [0.4, 0.5) is 0 Å². The molecule has 1 aliphatic carbocycles. The summed E-state index contributed by atoms with van der Waals surface area (Å²) in [6.07, 6.45) is -0.0550. The van der Waals surface area contributed by atoms with E-state index in [0.717, 1.165) is 0 Å². The molecule has 0 heterocycles. The highest BCUT2D eigenvalue weighted by atomic mass is 31.2. The number of carbonyl (C=O) groups excluding carboxylic acids is 2. The van der Waals surface area contributed by atoms with E-state index in [4.69, 9.17) is 9.79 Å². The number of hydrogen-bond donors (Lipinski definition) is 4. The molecule has 0 aromatic carbocycles. The second-order valence-corrected chi connectivity index (χ2v) is 5.24. The van der Waals surface area contributed by atoms with Gasteiger partial charge >= 0.3 is 7.82 Å². The summed E-state index contributed by atoms with van der Waals surface area (Å²) in [4.78, 5) is 39.4.